The molecule has 0 aliphatic heterocycles. The Bertz CT molecular complexity index is 699. The van der Waals surface area contributed by atoms with E-state index < -0.39 is 0 Å². The van der Waals surface area contributed by atoms with Crippen molar-refractivity contribution in [3.63, 3.8) is 0 Å². The maximum atomic E-state index is 2.31. The van der Waals surface area contributed by atoms with E-state index in [-0.39, 0.29) is 0 Å². The minimum Gasteiger partial charge on any atom is -0.0726 e. The summed E-state index contributed by atoms with van der Waals surface area (Å²) in [7, 11) is 0. The van der Waals surface area contributed by atoms with E-state index >= 15 is 0 Å². The van der Waals surface area contributed by atoms with Crippen LogP contribution in [0.25, 0.3) is 5.57 Å². The number of hydrogen-bond acceptors (Lipinski definition) is 0. The Labute approximate surface area is 162 Å². The fraction of sp³-hybridized carbons (Fsp3) is 0.462. The third kappa shape index (κ3) is 6.83. The first-order valence-corrected chi connectivity index (χ1v) is 10.1. The molecule has 0 spiro atoms. The van der Waals surface area contributed by atoms with Crippen molar-refractivity contribution in [3.8, 4) is 0 Å². The van der Waals surface area contributed by atoms with Crippen molar-refractivity contribution in [1.82, 2.24) is 0 Å². The van der Waals surface area contributed by atoms with E-state index in [1.54, 1.807) is 0 Å². The van der Waals surface area contributed by atoms with Crippen LogP contribution in [0.1, 0.15) is 82.6 Å². The highest BCUT2D eigenvalue weighted by molar-refractivity contribution is 5.68. The van der Waals surface area contributed by atoms with E-state index in [2.05, 4.69) is 104 Å². The molecular weight excluding hydrogens is 312 g/mol. The highest BCUT2D eigenvalue weighted by Gasteiger charge is 2.12. The van der Waals surface area contributed by atoms with Gasteiger partial charge in [-0.15, -0.1) is 0 Å². The quantitative estimate of drug-likeness (QED) is 0.508. The monoisotopic (exact) mass is 350 g/mol. The van der Waals surface area contributed by atoms with Crippen LogP contribution in [0.3, 0.4) is 0 Å². The van der Waals surface area contributed by atoms with E-state index in [0.29, 0.717) is 0 Å². The van der Waals surface area contributed by atoms with Crippen LogP contribution in [0.2, 0.25) is 0 Å². The van der Waals surface area contributed by atoms with Gasteiger partial charge in [-0.2, -0.15) is 0 Å². The number of allylic oxidation sites excluding steroid dienone is 2. The minimum atomic E-state index is 0.722. The fourth-order valence-electron chi connectivity index (χ4n) is 3.67. The first-order valence-electron chi connectivity index (χ1n) is 10.1. The molecule has 26 heavy (non-hydrogen) atoms. The molecule has 0 bridgehead atoms. The number of rotatable bonds is 5. The van der Waals surface area contributed by atoms with E-state index in [1.165, 1.54) is 39.8 Å². The third-order valence-electron chi connectivity index (χ3n) is 5.04. The van der Waals surface area contributed by atoms with Crippen LogP contribution in [0.15, 0.2) is 54.1 Å². The van der Waals surface area contributed by atoms with Crippen LogP contribution in [-0.2, 0) is 0 Å². The van der Waals surface area contributed by atoms with Gasteiger partial charge in [0.05, 0.1) is 0 Å². The molecule has 2 aromatic rings. The maximum absolute atomic E-state index is 2.31. The summed E-state index contributed by atoms with van der Waals surface area (Å²) in [6.45, 7) is 17.8. The lowest BCUT2D eigenvalue weighted by atomic mass is 9.86. The molecule has 2 aromatic carbocycles. The molecule has 2 rings (SSSR count). The largest absolute Gasteiger partial charge is 0.0726 e. The Morgan fingerprint density at radius 1 is 0.846 bits per heavy atom. The Morgan fingerprint density at radius 3 is 1.85 bits per heavy atom. The van der Waals surface area contributed by atoms with Crippen molar-refractivity contribution in [3.05, 3.63) is 76.4 Å². The summed E-state index contributed by atoms with van der Waals surface area (Å²) in [4.78, 5) is 0. The van der Waals surface area contributed by atoms with E-state index in [1.807, 2.05) is 0 Å². The van der Waals surface area contributed by atoms with Gasteiger partial charge in [0.2, 0.25) is 0 Å². The molecule has 0 aliphatic carbocycles. The van der Waals surface area contributed by atoms with Gasteiger partial charge >= 0.3 is 0 Å². The topological polar surface area (TPSA) is 0 Å². The van der Waals surface area contributed by atoms with Gasteiger partial charge in [-0.3, -0.25) is 0 Å². The van der Waals surface area contributed by atoms with Crippen LogP contribution in [0, 0.1) is 19.8 Å². The van der Waals surface area contributed by atoms with Gasteiger partial charge in [0.25, 0.3) is 0 Å². The minimum absolute atomic E-state index is 0.722. The van der Waals surface area contributed by atoms with Crippen LogP contribution < -0.4 is 0 Å². The molecule has 142 valence electrons. The van der Waals surface area contributed by atoms with Crippen molar-refractivity contribution in [2.45, 2.75) is 74.1 Å². The van der Waals surface area contributed by atoms with Gasteiger partial charge in [-0.05, 0) is 69.1 Å². The maximum Gasteiger partial charge on any atom is -0.0141 e. The summed E-state index contributed by atoms with van der Waals surface area (Å²) in [6, 6.07) is 17.6. The predicted octanol–water partition coefficient (Wildman–Crippen LogP) is 8.34. The van der Waals surface area contributed by atoms with Crippen molar-refractivity contribution in [2.24, 2.45) is 5.92 Å². The van der Waals surface area contributed by atoms with Crippen LogP contribution >= 0.6 is 0 Å². The predicted molar refractivity (Wildman–Crippen MR) is 119 cm³/mol. The SMILES string of the molecule is CCC(=C(C)C)c1cccc(C)c1.CC[C@@H](c1cccc(C)c1)C(C)C. The molecule has 0 saturated heterocycles. The summed E-state index contributed by atoms with van der Waals surface area (Å²) in [5, 5.41) is 0. The van der Waals surface area contributed by atoms with Crippen molar-refractivity contribution >= 4 is 5.57 Å². The summed E-state index contributed by atoms with van der Waals surface area (Å²) < 4.78 is 0. The molecule has 0 N–H and O–H groups in total. The summed E-state index contributed by atoms with van der Waals surface area (Å²) in [6.07, 6.45) is 2.35. The molecule has 0 heterocycles. The molecule has 0 amide bonds. The molecule has 0 aliphatic rings. The van der Waals surface area contributed by atoms with E-state index in [4.69, 9.17) is 0 Å². The zero-order valence-electron chi connectivity index (χ0n) is 18.2. The summed E-state index contributed by atoms with van der Waals surface area (Å²) >= 11 is 0. The Balaban J connectivity index is 0.000000260. The second-order valence-electron chi connectivity index (χ2n) is 7.87. The zero-order valence-corrected chi connectivity index (χ0v) is 18.2. The number of aryl methyl sites for hydroxylation is 2. The Hall–Kier alpha value is -1.82. The highest BCUT2D eigenvalue weighted by Crippen LogP contribution is 2.27. The second-order valence-corrected chi connectivity index (χ2v) is 7.87. The third-order valence-corrected chi connectivity index (χ3v) is 5.04. The zero-order chi connectivity index (χ0) is 19.7. The molecule has 0 aromatic heterocycles. The number of benzene rings is 2. The lowest BCUT2D eigenvalue weighted by Crippen LogP contribution is -2.05. The van der Waals surface area contributed by atoms with Crippen LogP contribution in [0.4, 0.5) is 0 Å². The van der Waals surface area contributed by atoms with Gasteiger partial charge in [0.15, 0.2) is 0 Å². The summed E-state index contributed by atoms with van der Waals surface area (Å²) in [5.74, 6) is 1.46. The first-order chi connectivity index (χ1) is 12.3. The molecule has 0 saturated carbocycles. The van der Waals surface area contributed by atoms with Gasteiger partial charge in [-0.25, -0.2) is 0 Å². The van der Waals surface area contributed by atoms with Gasteiger partial charge in [0, 0.05) is 0 Å². The van der Waals surface area contributed by atoms with E-state index in [9.17, 15) is 0 Å². The second kappa shape index (κ2) is 11.0. The van der Waals surface area contributed by atoms with E-state index in [0.717, 1.165) is 18.3 Å². The molecule has 0 heteroatoms. The first kappa shape index (κ1) is 22.2. The van der Waals surface area contributed by atoms with Gasteiger partial charge in [-0.1, -0.05) is 92.9 Å². The molecule has 1 atom stereocenters. The lowest BCUT2D eigenvalue weighted by Gasteiger charge is -2.19. The van der Waals surface area contributed by atoms with Gasteiger partial charge < -0.3 is 0 Å². The normalized spacial score (nSPS) is 11.6. The molecule has 0 fully saturated rings. The average Bonchev–Trinajstić information content (AvgIpc) is 2.56. The molecule has 0 unspecified atom stereocenters. The highest BCUT2D eigenvalue weighted by atomic mass is 14.2. The van der Waals surface area contributed by atoms with Crippen LogP contribution in [-0.4, -0.2) is 0 Å². The van der Waals surface area contributed by atoms with Crippen molar-refractivity contribution in [2.75, 3.05) is 0 Å². The molecule has 0 radical (unpaired) electrons. The smallest absolute Gasteiger partial charge is 0.0141 e. The Morgan fingerprint density at radius 2 is 1.42 bits per heavy atom. The standard InChI is InChI=1S/C13H20.C13H18/c2*1-5-13(10(2)3)12-8-6-7-11(4)9-12/h6-10,13H,5H2,1-4H3;6-9H,5H2,1-4H3/t13-;/m1./s1. The van der Waals surface area contributed by atoms with Crippen molar-refractivity contribution < 1.29 is 0 Å². The summed E-state index contributed by atoms with van der Waals surface area (Å²) in [5.41, 5.74) is 8.48. The van der Waals surface area contributed by atoms with Crippen molar-refractivity contribution in [1.29, 1.82) is 0 Å². The fourth-order valence-corrected chi connectivity index (χ4v) is 3.67. The molecular formula is C26H38. The number of hydrogen-bond donors (Lipinski definition) is 0. The molecule has 0 nitrogen and oxygen atoms in total. The average molecular weight is 351 g/mol. The van der Waals surface area contributed by atoms with Crippen LogP contribution in [0.5, 0.6) is 0 Å². The lowest BCUT2D eigenvalue weighted by molar-refractivity contribution is 0.485. The van der Waals surface area contributed by atoms with Gasteiger partial charge in [0.1, 0.15) is 0 Å². The Kier molecular flexibility index (Phi) is 9.41.